The van der Waals surface area contributed by atoms with E-state index in [1.165, 1.54) is 70.3 Å². The number of rotatable bonds is 7. The van der Waals surface area contributed by atoms with Crippen molar-refractivity contribution < 1.29 is 29.3 Å². The number of carboxylic acid groups (broad SMARTS) is 2. The molecule has 2 aliphatic rings. The highest BCUT2D eigenvalue weighted by molar-refractivity contribution is 6.27. The molecular weight excluding hydrogens is 460 g/mol. The van der Waals surface area contributed by atoms with Crippen molar-refractivity contribution in [3.8, 4) is 11.5 Å². The second-order valence-corrected chi connectivity index (χ2v) is 9.33. The largest absolute Gasteiger partial charge is 0.493 e. The SMILES string of the molecule is COc1cc(CN2CCC(N3CCCCCC3)CC2)ccc1OCc1ccccc1.O=C(O)C(=O)O. The first-order chi connectivity index (χ1) is 17.5. The molecule has 0 atom stereocenters. The van der Waals surface area contributed by atoms with E-state index in [1.807, 2.05) is 18.2 Å². The Morgan fingerprint density at radius 1 is 0.833 bits per heavy atom. The molecule has 2 aliphatic heterocycles. The summed E-state index contributed by atoms with van der Waals surface area (Å²) in [6.07, 6.45) is 8.21. The van der Waals surface area contributed by atoms with Gasteiger partial charge in [0, 0.05) is 12.6 Å². The van der Waals surface area contributed by atoms with Crippen LogP contribution in [0.5, 0.6) is 11.5 Å². The van der Waals surface area contributed by atoms with E-state index in [0.29, 0.717) is 6.61 Å². The van der Waals surface area contributed by atoms with Gasteiger partial charge in [0.1, 0.15) is 6.61 Å². The molecule has 2 N–H and O–H groups in total. The summed E-state index contributed by atoms with van der Waals surface area (Å²) < 4.78 is 11.6. The molecule has 0 aliphatic carbocycles. The van der Waals surface area contributed by atoms with Crippen molar-refractivity contribution in [1.29, 1.82) is 0 Å². The molecule has 0 radical (unpaired) electrons. The van der Waals surface area contributed by atoms with E-state index in [0.717, 1.165) is 29.6 Å². The van der Waals surface area contributed by atoms with Gasteiger partial charge in [0.05, 0.1) is 7.11 Å². The zero-order valence-electron chi connectivity index (χ0n) is 21.1. The normalized spacial score (nSPS) is 17.4. The van der Waals surface area contributed by atoms with Gasteiger partial charge < -0.3 is 24.6 Å². The van der Waals surface area contributed by atoms with Gasteiger partial charge in [-0.05, 0) is 75.1 Å². The summed E-state index contributed by atoms with van der Waals surface area (Å²) in [5.74, 6) is -2.02. The van der Waals surface area contributed by atoms with Gasteiger partial charge in [-0.15, -0.1) is 0 Å². The zero-order valence-corrected chi connectivity index (χ0v) is 21.1. The third kappa shape index (κ3) is 8.84. The standard InChI is InChI=1S/C26H36N2O2.C2H2O4/c1-29-26-19-23(11-12-25(26)30-21-22-9-5-4-6-10-22)20-27-17-13-24(14-18-27)28-15-7-2-3-8-16-28;3-1(4)2(5)6/h4-6,9-12,19,24H,2-3,7-8,13-18,20-21H2,1H3;(H,3,4)(H,5,6). The highest BCUT2D eigenvalue weighted by Crippen LogP contribution is 2.30. The molecule has 4 rings (SSSR count). The minimum atomic E-state index is -1.82. The molecule has 2 aromatic rings. The molecule has 0 unspecified atom stereocenters. The minimum absolute atomic E-state index is 0.556. The summed E-state index contributed by atoms with van der Waals surface area (Å²) in [6.45, 7) is 6.55. The number of piperidine rings is 1. The van der Waals surface area contributed by atoms with E-state index in [-0.39, 0.29) is 0 Å². The topological polar surface area (TPSA) is 99.5 Å². The lowest BCUT2D eigenvalue weighted by molar-refractivity contribution is -0.159. The summed E-state index contributed by atoms with van der Waals surface area (Å²) in [4.78, 5) is 23.6. The lowest BCUT2D eigenvalue weighted by Gasteiger charge is -2.38. The Bertz CT molecular complexity index is 940. The van der Waals surface area contributed by atoms with Crippen LogP contribution < -0.4 is 9.47 Å². The highest BCUT2D eigenvalue weighted by atomic mass is 16.5. The molecule has 0 spiro atoms. The zero-order chi connectivity index (χ0) is 25.8. The average Bonchev–Trinajstić information content (AvgIpc) is 3.19. The van der Waals surface area contributed by atoms with Crippen LogP contribution in [0.25, 0.3) is 0 Å². The molecule has 2 fully saturated rings. The van der Waals surface area contributed by atoms with Crippen LogP contribution in [0, 0.1) is 0 Å². The second kappa shape index (κ2) is 14.5. The van der Waals surface area contributed by atoms with Crippen molar-refractivity contribution in [2.45, 2.75) is 57.7 Å². The number of carboxylic acids is 2. The van der Waals surface area contributed by atoms with Crippen LogP contribution in [0.1, 0.15) is 49.7 Å². The number of benzene rings is 2. The van der Waals surface area contributed by atoms with Crippen molar-refractivity contribution >= 4 is 11.9 Å². The van der Waals surface area contributed by atoms with Gasteiger partial charge in [0.15, 0.2) is 11.5 Å². The van der Waals surface area contributed by atoms with E-state index < -0.39 is 11.9 Å². The van der Waals surface area contributed by atoms with Crippen LogP contribution >= 0.6 is 0 Å². The quantitative estimate of drug-likeness (QED) is 0.546. The summed E-state index contributed by atoms with van der Waals surface area (Å²) in [6, 6.07) is 17.4. The third-order valence-electron chi connectivity index (χ3n) is 6.77. The molecule has 0 bridgehead atoms. The maximum atomic E-state index is 9.10. The van der Waals surface area contributed by atoms with Crippen molar-refractivity contribution in [2.24, 2.45) is 0 Å². The summed E-state index contributed by atoms with van der Waals surface area (Å²) in [5, 5.41) is 14.8. The van der Waals surface area contributed by atoms with E-state index in [2.05, 4.69) is 40.1 Å². The van der Waals surface area contributed by atoms with Crippen LogP contribution in [-0.4, -0.2) is 71.3 Å². The molecule has 0 saturated carbocycles. The Labute approximate surface area is 213 Å². The smallest absolute Gasteiger partial charge is 0.414 e. The fourth-order valence-corrected chi connectivity index (χ4v) is 4.83. The molecule has 8 heteroatoms. The fraction of sp³-hybridized carbons (Fsp3) is 0.500. The van der Waals surface area contributed by atoms with Crippen molar-refractivity contribution in [3.63, 3.8) is 0 Å². The van der Waals surface area contributed by atoms with Crippen LogP contribution in [0.3, 0.4) is 0 Å². The average molecular weight is 499 g/mol. The van der Waals surface area contributed by atoms with E-state index in [4.69, 9.17) is 29.3 Å². The van der Waals surface area contributed by atoms with Gasteiger partial charge in [-0.1, -0.05) is 49.2 Å². The first-order valence-electron chi connectivity index (χ1n) is 12.7. The molecule has 2 saturated heterocycles. The molecule has 2 aromatic carbocycles. The lowest BCUT2D eigenvalue weighted by atomic mass is 10.0. The highest BCUT2D eigenvalue weighted by Gasteiger charge is 2.25. The molecule has 0 aromatic heterocycles. The van der Waals surface area contributed by atoms with Crippen molar-refractivity contribution in [3.05, 3.63) is 59.7 Å². The number of likely N-dealkylation sites (tertiary alicyclic amines) is 2. The Morgan fingerprint density at radius 3 is 2.06 bits per heavy atom. The summed E-state index contributed by atoms with van der Waals surface area (Å²) in [5.41, 5.74) is 2.46. The number of nitrogens with zero attached hydrogens (tertiary/aromatic N) is 2. The monoisotopic (exact) mass is 498 g/mol. The number of hydrogen-bond donors (Lipinski definition) is 2. The molecule has 2 heterocycles. The predicted octanol–water partition coefficient (Wildman–Crippen LogP) is 4.27. The van der Waals surface area contributed by atoms with Crippen LogP contribution in [0.4, 0.5) is 0 Å². The van der Waals surface area contributed by atoms with E-state index >= 15 is 0 Å². The van der Waals surface area contributed by atoms with Gasteiger partial charge in [-0.3, -0.25) is 4.90 Å². The number of carbonyl (C=O) groups is 2. The number of aliphatic carboxylic acids is 2. The molecule has 8 nitrogen and oxygen atoms in total. The van der Waals surface area contributed by atoms with Gasteiger partial charge in [0.25, 0.3) is 0 Å². The Balaban J connectivity index is 0.000000538. The van der Waals surface area contributed by atoms with Crippen LogP contribution in [0.15, 0.2) is 48.5 Å². The number of hydrogen-bond acceptors (Lipinski definition) is 6. The van der Waals surface area contributed by atoms with E-state index in [9.17, 15) is 0 Å². The van der Waals surface area contributed by atoms with Gasteiger partial charge in [-0.2, -0.15) is 0 Å². The Kier molecular flexibility index (Phi) is 11.0. The van der Waals surface area contributed by atoms with Crippen molar-refractivity contribution in [2.75, 3.05) is 33.3 Å². The van der Waals surface area contributed by atoms with Crippen LogP contribution in [0.2, 0.25) is 0 Å². The molecular formula is C28H38N2O6. The number of methoxy groups -OCH3 is 1. The van der Waals surface area contributed by atoms with Crippen LogP contribution in [-0.2, 0) is 22.7 Å². The lowest BCUT2D eigenvalue weighted by Crippen LogP contribution is -2.45. The first kappa shape index (κ1) is 27.5. The minimum Gasteiger partial charge on any atom is -0.493 e. The first-order valence-corrected chi connectivity index (χ1v) is 12.7. The summed E-state index contributed by atoms with van der Waals surface area (Å²) in [7, 11) is 1.72. The van der Waals surface area contributed by atoms with Gasteiger partial charge in [-0.25, -0.2) is 9.59 Å². The molecule has 36 heavy (non-hydrogen) atoms. The summed E-state index contributed by atoms with van der Waals surface area (Å²) >= 11 is 0. The number of ether oxygens (including phenoxy) is 2. The predicted molar refractivity (Wildman–Crippen MR) is 137 cm³/mol. The third-order valence-corrected chi connectivity index (χ3v) is 6.77. The molecule has 196 valence electrons. The second-order valence-electron chi connectivity index (χ2n) is 9.33. The van der Waals surface area contributed by atoms with Crippen molar-refractivity contribution in [1.82, 2.24) is 9.80 Å². The Hall–Kier alpha value is -3.10. The molecule has 0 amide bonds. The Morgan fingerprint density at radius 2 is 1.47 bits per heavy atom. The van der Waals surface area contributed by atoms with Gasteiger partial charge in [0.2, 0.25) is 0 Å². The van der Waals surface area contributed by atoms with E-state index in [1.54, 1.807) is 7.11 Å². The fourth-order valence-electron chi connectivity index (χ4n) is 4.83. The maximum Gasteiger partial charge on any atom is 0.414 e. The van der Waals surface area contributed by atoms with Gasteiger partial charge >= 0.3 is 11.9 Å². The maximum absolute atomic E-state index is 9.10.